The number of nitriles is 1. The lowest BCUT2D eigenvalue weighted by molar-refractivity contribution is -0.150. The van der Waals surface area contributed by atoms with Crippen LogP contribution in [0.1, 0.15) is 94.0 Å². The van der Waals surface area contributed by atoms with Gasteiger partial charge >= 0.3 is 12.1 Å². The molecule has 10 nitrogen and oxygen atoms in total. The maximum atomic E-state index is 13.9. The summed E-state index contributed by atoms with van der Waals surface area (Å²) in [6, 6.07) is 3.26. The molecule has 2 saturated carbocycles. The number of fused-ring (bicyclic) bond motifs is 2. The van der Waals surface area contributed by atoms with Gasteiger partial charge in [-0.1, -0.05) is 13.3 Å². The number of carbonyl (C=O) groups is 3. The highest BCUT2D eigenvalue weighted by Gasteiger charge is 2.57. The van der Waals surface area contributed by atoms with Crippen molar-refractivity contribution in [1.82, 2.24) is 15.5 Å². The Morgan fingerprint density at radius 1 is 1.07 bits per heavy atom. The lowest BCUT2D eigenvalue weighted by atomic mass is 9.70. The van der Waals surface area contributed by atoms with Crippen LogP contribution in [0.15, 0.2) is 12.1 Å². The normalized spacial score (nSPS) is 30.2. The fourth-order valence-electron chi connectivity index (χ4n) is 7.72. The molecule has 2 aliphatic heterocycles. The average molecular weight is 649 g/mol. The zero-order valence-electron chi connectivity index (χ0n) is 26.5. The largest absolute Gasteiger partial charge is 0.496 e. The Labute approximate surface area is 267 Å². The van der Waals surface area contributed by atoms with E-state index in [1.165, 1.54) is 19.2 Å². The third kappa shape index (κ3) is 6.92. The number of nitrogens with zero attached hydrogens (tertiary/aromatic N) is 2. The molecule has 4 atom stereocenters. The maximum absolute atomic E-state index is 13.9. The number of nitrogens with one attached hydrogen (secondary N) is 2. The molecule has 13 heteroatoms. The summed E-state index contributed by atoms with van der Waals surface area (Å²) in [5, 5.41) is 25.4. The summed E-state index contributed by atoms with van der Waals surface area (Å²) in [4.78, 5) is 40.9. The van der Waals surface area contributed by atoms with Gasteiger partial charge in [0.25, 0.3) is 5.91 Å². The quantitative estimate of drug-likeness (QED) is 0.311. The third-order valence-corrected chi connectivity index (χ3v) is 10.8. The van der Waals surface area contributed by atoms with E-state index in [0.717, 1.165) is 19.3 Å². The molecule has 252 valence electrons. The molecule has 46 heavy (non-hydrogen) atoms. The first kappa shape index (κ1) is 33.8. The van der Waals surface area contributed by atoms with E-state index in [1.807, 2.05) is 0 Å². The molecule has 2 bridgehead atoms. The Balaban J connectivity index is 1.37. The standard InChI is InChI=1S/C33H43F3N4O6/c1-31(9-4-10-31)18-38-29(42)26-22-5-6-23(40(22)14-13-33(34,35)36)27(26)39-28(41)21-16-24(19(17-37)15-25(21)45-3)46-20-7-11-32(2,12-8-20)30(43)44/h15-16,20,22-23,26-27H,4-14,18H2,1-3H3,(H,38,42)(H,39,41)(H,43,44)/t20-,22-,23+,26+,27-,32+/m1/s1. The second-order valence-corrected chi connectivity index (χ2v) is 14.1. The van der Waals surface area contributed by atoms with Crippen LogP contribution in [0.3, 0.4) is 0 Å². The molecule has 2 amide bonds. The van der Waals surface area contributed by atoms with Crippen molar-refractivity contribution in [3.05, 3.63) is 23.3 Å². The molecule has 0 aromatic heterocycles. The lowest BCUT2D eigenvalue weighted by Crippen LogP contribution is -2.53. The van der Waals surface area contributed by atoms with Crippen molar-refractivity contribution in [1.29, 1.82) is 5.26 Å². The van der Waals surface area contributed by atoms with Crippen LogP contribution in [0.5, 0.6) is 11.5 Å². The highest BCUT2D eigenvalue weighted by Crippen LogP contribution is 2.45. The molecule has 1 aromatic rings. The molecule has 3 N–H and O–H groups in total. The van der Waals surface area contributed by atoms with Gasteiger partial charge in [-0.3, -0.25) is 19.3 Å². The predicted molar refractivity (Wildman–Crippen MR) is 160 cm³/mol. The second-order valence-electron chi connectivity index (χ2n) is 14.1. The van der Waals surface area contributed by atoms with E-state index in [-0.39, 0.29) is 46.6 Å². The van der Waals surface area contributed by atoms with Gasteiger partial charge in [-0.25, -0.2) is 0 Å². The summed E-state index contributed by atoms with van der Waals surface area (Å²) in [7, 11) is 1.36. The van der Waals surface area contributed by atoms with Crippen molar-refractivity contribution in [2.75, 3.05) is 20.2 Å². The summed E-state index contributed by atoms with van der Waals surface area (Å²) < 4.78 is 51.3. The van der Waals surface area contributed by atoms with E-state index in [4.69, 9.17) is 9.47 Å². The summed E-state index contributed by atoms with van der Waals surface area (Å²) in [6.45, 7) is 4.01. The molecule has 2 saturated heterocycles. The number of aliphatic carboxylic acids is 1. The first-order valence-electron chi connectivity index (χ1n) is 16.1. The Hall–Kier alpha value is -3.53. The predicted octanol–water partition coefficient (Wildman–Crippen LogP) is 4.80. The van der Waals surface area contributed by atoms with Crippen LogP contribution >= 0.6 is 0 Å². The second kappa shape index (κ2) is 12.9. The van der Waals surface area contributed by atoms with Crippen LogP contribution in [0, 0.1) is 28.1 Å². The summed E-state index contributed by atoms with van der Waals surface area (Å²) in [6.07, 6.45) is 0.161. The van der Waals surface area contributed by atoms with Gasteiger partial charge in [-0.05, 0) is 69.8 Å². The van der Waals surface area contributed by atoms with Crippen LogP contribution in [0.4, 0.5) is 13.2 Å². The van der Waals surface area contributed by atoms with Gasteiger partial charge < -0.3 is 25.2 Å². The zero-order valence-corrected chi connectivity index (χ0v) is 26.5. The van der Waals surface area contributed by atoms with Gasteiger partial charge in [0.15, 0.2) is 0 Å². The van der Waals surface area contributed by atoms with E-state index >= 15 is 0 Å². The molecule has 4 aliphatic rings. The lowest BCUT2D eigenvalue weighted by Gasteiger charge is -2.39. The van der Waals surface area contributed by atoms with E-state index in [1.54, 1.807) is 11.8 Å². The van der Waals surface area contributed by atoms with Crippen LogP contribution in [-0.2, 0) is 9.59 Å². The van der Waals surface area contributed by atoms with Crippen molar-refractivity contribution in [2.45, 2.75) is 108 Å². The van der Waals surface area contributed by atoms with Crippen molar-refractivity contribution >= 4 is 17.8 Å². The maximum Gasteiger partial charge on any atom is 0.390 e. The molecule has 0 unspecified atom stereocenters. The monoisotopic (exact) mass is 648 g/mol. The Bertz CT molecular complexity index is 1380. The summed E-state index contributed by atoms with van der Waals surface area (Å²) in [5.74, 6) is -2.20. The smallest absolute Gasteiger partial charge is 0.390 e. The number of carboxylic acid groups (broad SMARTS) is 1. The molecule has 5 rings (SSSR count). The minimum atomic E-state index is -4.35. The molecule has 4 fully saturated rings. The van der Waals surface area contributed by atoms with Crippen LogP contribution in [0.25, 0.3) is 0 Å². The summed E-state index contributed by atoms with van der Waals surface area (Å²) in [5.41, 5.74) is -0.650. The van der Waals surface area contributed by atoms with Crippen LogP contribution in [-0.4, -0.2) is 78.4 Å². The number of methoxy groups -OCH3 is 1. The molecular formula is C33H43F3N4O6. The fourth-order valence-corrected chi connectivity index (χ4v) is 7.72. The number of alkyl halides is 3. The molecular weight excluding hydrogens is 605 g/mol. The fraction of sp³-hybridized carbons (Fsp3) is 0.697. The highest BCUT2D eigenvalue weighted by atomic mass is 19.4. The number of hydrogen-bond donors (Lipinski definition) is 3. The van der Waals surface area contributed by atoms with Crippen molar-refractivity contribution < 1.29 is 42.1 Å². The van der Waals surface area contributed by atoms with Crippen LogP contribution < -0.4 is 20.1 Å². The van der Waals surface area contributed by atoms with Gasteiger partial charge in [0.1, 0.15) is 17.6 Å². The first-order chi connectivity index (χ1) is 21.7. The van der Waals surface area contributed by atoms with Crippen molar-refractivity contribution in [3.8, 4) is 17.6 Å². The molecule has 2 aliphatic carbocycles. The number of hydrogen-bond acceptors (Lipinski definition) is 7. The Morgan fingerprint density at radius 3 is 2.30 bits per heavy atom. The molecule has 1 aromatic carbocycles. The number of halogens is 3. The van der Waals surface area contributed by atoms with Crippen molar-refractivity contribution in [3.63, 3.8) is 0 Å². The van der Waals surface area contributed by atoms with E-state index in [0.29, 0.717) is 45.1 Å². The highest BCUT2D eigenvalue weighted by molar-refractivity contribution is 5.98. The summed E-state index contributed by atoms with van der Waals surface area (Å²) >= 11 is 0. The van der Waals surface area contributed by atoms with Gasteiger partial charge in [-0.15, -0.1) is 0 Å². The minimum absolute atomic E-state index is 0.00116. The van der Waals surface area contributed by atoms with Crippen molar-refractivity contribution in [2.24, 2.45) is 16.7 Å². The Morgan fingerprint density at radius 2 is 1.74 bits per heavy atom. The number of amides is 2. The first-order valence-corrected chi connectivity index (χ1v) is 16.1. The van der Waals surface area contributed by atoms with Gasteiger partial charge in [0, 0.05) is 31.2 Å². The SMILES string of the molecule is COc1cc(C#N)c(O[C@H]2CC[C@@](C)(C(=O)O)CC2)cc1C(=O)N[C@H]1[C@@H](C(=O)NCC2(C)CCC2)[C@H]2CC[C@@H]1N2CCC(F)(F)F. The topological polar surface area (TPSA) is 141 Å². The number of carboxylic acids is 1. The van der Waals surface area contributed by atoms with E-state index in [2.05, 4.69) is 23.6 Å². The van der Waals surface area contributed by atoms with Crippen LogP contribution in [0.2, 0.25) is 0 Å². The number of benzene rings is 1. The van der Waals surface area contributed by atoms with Gasteiger partial charge in [-0.2, -0.15) is 18.4 Å². The van der Waals surface area contributed by atoms with E-state index in [9.17, 15) is 37.9 Å². The number of carbonyl (C=O) groups excluding carboxylic acids is 2. The van der Waals surface area contributed by atoms with E-state index < -0.39 is 53.9 Å². The minimum Gasteiger partial charge on any atom is -0.496 e. The average Bonchev–Trinajstić information content (AvgIpc) is 3.53. The number of rotatable bonds is 11. The van der Waals surface area contributed by atoms with Gasteiger partial charge in [0.05, 0.1) is 48.1 Å². The zero-order chi connectivity index (χ0) is 33.4. The number of ether oxygens (including phenoxy) is 2. The van der Waals surface area contributed by atoms with Gasteiger partial charge in [0.2, 0.25) is 5.91 Å². The molecule has 0 radical (unpaired) electrons. The molecule has 0 spiro atoms. The molecule has 2 heterocycles. The Kier molecular flexibility index (Phi) is 9.51. The third-order valence-electron chi connectivity index (χ3n) is 10.8.